The molecular weight excluding hydrogens is 351 g/mol. The molecule has 7 nitrogen and oxygen atoms in total. The molecule has 0 bridgehead atoms. The van der Waals surface area contributed by atoms with E-state index in [1.54, 1.807) is 17.0 Å². The minimum Gasteiger partial charge on any atom is -0.477 e. The van der Waals surface area contributed by atoms with E-state index in [2.05, 4.69) is 9.97 Å². The van der Waals surface area contributed by atoms with Crippen LogP contribution in [0.3, 0.4) is 0 Å². The first-order valence-electron chi connectivity index (χ1n) is 8.57. The van der Waals surface area contributed by atoms with E-state index in [9.17, 15) is 9.18 Å². The highest BCUT2D eigenvalue weighted by Gasteiger charge is 2.52. The van der Waals surface area contributed by atoms with Crippen LogP contribution in [0.4, 0.5) is 4.39 Å². The van der Waals surface area contributed by atoms with Crippen molar-refractivity contribution in [2.24, 2.45) is 11.3 Å². The second-order valence-electron chi connectivity index (χ2n) is 6.91. The molecule has 2 aliphatic heterocycles. The molecule has 2 fully saturated rings. The van der Waals surface area contributed by atoms with E-state index >= 15 is 0 Å². The number of rotatable bonds is 4. The van der Waals surface area contributed by atoms with Gasteiger partial charge in [0.2, 0.25) is 11.8 Å². The third-order valence-corrected chi connectivity index (χ3v) is 5.15. The maximum atomic E-state index is 13.3. The van der Waals surface area contributed by atoms with E-state index in [1.165, 1.54) is 18.5 Å². The molecule has 1 amide bonds. The van der Waals surface area contributed by atoms with Crippen molar-refractivity contribution in [1.29, 1.82) is 5.26 Å². The molecule has 4 heterocycles. The molecule has 0 aromatic carbocycles. The zero-order valence-electron chi connectivity index (χ0n) is 14.5. The molecule has 27 heavy (non-hydrogen) atoms. The number of hydrogen-bond donors (Lipinski definition) is 0. The van der Waals surface area contributed by atoms with Crippen molar-refractivity contribution in [1.82, 2.24) is 14.9 Å². The smallest absolute Gasteiger partial charge is 0.254 e. The summed E-state index contributed by atoms with van der Waals surface area (Å²) in [6, 6.07) is 7.97. The number of pyridine rings is 2. The molecule has 8 heteroatoms. The average Bonchev–Trinajstić information content (AvgIpc) is 3.23. The molecule has 0 spiro atoms. The third kappa shape index (κ3) is 3.34. The van der Waals surface area contributed by atoms with Crippen LogP contribution in [-0.2, 0) is 4.74 Å². The van der Waals surface area contributed by atoms with Gasteiger partial charge >= 0.3 is 0 Å². The molecule has 2 aliphatic rings. The SMILES string of the molecule is N#Cc1ccc(OC[C@]23COC[C@H]2CN(C(=O)c2ccnc(F)c2)C3)nc1. The summed E-state index contributed by atoms with van der Waals surface area (Å²) in [5.74, 6) is -0.323. The van der Waals surface area contributed by atoms with Gasteiger partial charge in [-0.2, -0.15) is 9.65 Å². The Morgan fingerprint density at radius 3 is 3.07 bits per heavy atom. The third-order valence-electron chi connectivity index (χ3n) is 5.15. The molecule has 2 saturated heterocycles. The molecule has 0 unspecified atom stereocenters. The molecule has 138 valence electrons. The molecular formula is C19H17FN4O3. The predicted molar refractivity (Wildman–Crippen MR) is 91.3 cm³/mol. The molecule has 2 aromatic heterocycles. The molecule has 2 atom stereocenters. The Morgan fingerprint density at radius 1 is 1.44 bits per heavy atom. The van der Waals surface area contributed by atoms with E-state index in [0.29, 0.717) is 44.4 Å². The highest BCUT2D eigenvalue weighted by molar-refractivity contribution is 5.94. The van der Waals surface area contributed by atoms with E-state index in [-0.39, 0.29) is 22.8 Å². The number of carbonyl (C=O) groups excluding carboxylic acids is 1. The van der Waals surface area contributed by atoms with Crippen LogP contribution < -0.4 is 4.74 Å². The molecule has 2 aromatic rings. The normalized spacial score (nSPS) is 23.7. The van der Waals surface area contributed by atoms with Gasteiger partial charge in [-0.3, -0.25) is 4.79 Å². The largest absolute Gasteiger partial charge is 0.477 e. The van der Waals surface area contributed by atoms with Crippen molar-refractivity contribution < 1.29 is 18.7 Å². The molecule has 0 N–H and O–H groups in total. The van der Waals surface area contributed by atoms with Gasteiger partial charge in [-0.25, -0.2) is 9.97 Å². The van der Waals surface area contributed by atoms with Gasteiger partial charge in [0.05, 0.1) is 30.8 Å². The van der Waals surface area contributed by atoms with Crippen LogP contribution in [0.25, 0.3) is 0 Å². The lowest BCUT2D eigenvalue weighted by Gasteiger charge is -2.26. The number of hydrogen-bond acceptors (Lipinski definition) is 6. The number of halogens is 1. The Balaban J connectivity index is 1.46. The van der Waals surface area contributed by atoms with Gasteiger partial charge in [-0.1, -0.05) is 0 Å². The fourth-order valence-corrected chi connectivity index (χ4v) is 3.66. The number of nitriles is 1. The van der Waals surface area contributed by atoms with Gasteiger partial charge in [0.25, 0.3) is 5.91 Å². The Hall–Kier alpha value is -3.05. The van der Waals surface area contributed by atoms with Gasteiger partial charge < -0.3 is 14.4 Å². The number of ether oxygens (including phenoxy) is 2. The number of likely N-dealkylation sites (tertiary alicyclic amines) is 1. The summed E-state index contributed by atoms with van der Waals surface area (Å²) in [5.41, 5.74) is 0.426. The predicted octanol–water partition coefficient (Wildman–Crippen LogP) is 1.65. The van der Waals surface area contributed by atoms with Gasteiger partial charge in [0.15, 0.2) is 0 Å². The van der Waals surface area contributed by atoms with Crippen LogP contribution in [0.15, 0.2) is 36.7 Å². The monoisotopic (exact) mass is 368 g/mol. The summed E-state index contributed by atoms with van der Waals surface area (Å²) in [6.45, 7) is 2.40. The summed E-state index contributed by atoms with van der Waals surface area (Å²) < 4.78 is 24.8. The van der Waals surface area contributed by atoms with Crippen LogP contribution in [0, 0.1) is 28.6 Å². The van der Waals surface area contributed by atoms with E-state index in [1.807, 2.05) is 6.07 Å². The minimum absolute atomic E-state index is 0.145. The van der Waals surface area contributed by atoms with E-state index in [4.69, 9.17) is 14.7 Å². The first-order chi connectivity index (χ1) is 13.1. The minimum atomic E-state index is -0.673. The van der Waals surface area contributed by atoms with Crippen molar-refractivity contribution in [3.8, 4) is 11.9 Å². The lowest BCUT2D eigenvalue weighted by Crippen LogP contribution is -2.38. The van der Waals surface area contributed by atoms with Crippen LogP contribution in [0.5, 0.6) is 5.88 Å². The van der Waals surface area contributed by atoms with E-state index < -0.39 is 5.95 Å². The Labute approximate surface area is 155 Å². The summed E-state index contributed by atoms with van der Waals surface area (Å²) in [5, 5.41) is 8.83. The Bertz CT molecular complexity index is 899. The standard InChI is InChI=1S/C19H17FN4O3/c20-16-5-14(3-4-22-16)18(25)24-8-15-9-26-11-19(15,10-24)12-27-17-2-1-13(6-21)7-23-17/h1-5,7,15H,8-12H2/t15-,19+/m1/s1. The summed E-state index contributed by atoms with van der Waals surface area (Å²) in [6.07, 6.45) is 2.75. The summed E-state index contributed by atoms with van der Waals surface area (Å²) in [4.78, 5) is 22.1. The quantitative estimate of drug-likeness (QED) is 0.763. The highest BCUT2D eigenvalue weighted by atomic mass is 19.1. The van der Waals surface area contributed by atoms with E-state index in [0.717, 1.165) is 6.07 Å². The summed E-state index contributed by atoms with van der Waals surface area (Å²) >= 11 is 0. The molecule has 0 aliphatic carbocycles. The van der Waals surface area contributed by atoms with Crippen molar-refractivity contribution >= 4 is 5.91 Å². The maximum Gasteiger partial charge on any atom is 0.254 e. The number of nitrogens with zero attached hydrogens (tertiary/aromatic N) is 4. The van der Waals surface area contributed by atoms with Gasteiger partial charge in [-0.05, 0) is 12.1 Å². The van der Waals surface area contributed by atoms with Gasteiger partial charge in [0, 0.05) is 49.1 Å². The Kier molecular flexibility index (Phi) is 4.46. The fourth-order valence-electron chi connectivity index (χ4n) is 3.66. The second-order valence-corrected chi connectivity index (χ2v) is 6.91. The molecule has 4 rings (SSSR count). The lowest BCUT2D eigenvalue weighted by molar-refractivity contribution is 0.0655. The van der Waals surface area contributed by atoms with Crippen molar-refractivity contribution in [3.63, 3.8) is 0 Å². The fraction of sp³-hybridized carbons (Fsp3) is 0.368. The molecule has 0 saturated carbocycles. The zero-order chi connectivity index (χ0) is 18.9. The first kappa shape index (κ1) is 17.4. The van der Waals surface area contributed by atoms with Crippen molar-refractivity contribution in [2.75, 3.05) is 32.9 Å². The highest BCUT2D eigenvalue weighted by Crippen LogP contribution is 2.42. The number of carbonyl (C=O) groups is 1. The van der Waals surface area contributed by atoms with Crippen LogP contribution >= 0.6 is 0 Å². The number of amides is 1. The van der Waals surface area contributed by atoms with Crippen LogP contribution in [0.1, 0.15) is 15.9 Å². The Morgan fingerprint density at radius 2 is 2.33 bits per heavy atom. The first-order valence-corrected chi connectivity index (χ1v) is 8.57. The topological polar surface area (TPSA) is 88.3 Å². The number of fused-ring (bicyclic) bond motifs is 1. The van der Waals surface area contributed by atoms with Crippen molar-refractivity contribution in [2.45, 2.75) is 0 Å². The van der Waals surface area contributed by atoms with Crippen LogP contribution in [0.2, 0.25) is 0 Å². The van der Waals surface area contributed by atoms with Crippen molar-refractivity contribution in [3.05, 3.63) is 53.7 Å². The summed E-state index contributed by atoms with van der Waals surface area (Å²) in [7, 11) is 0. The average molecular weight is 368 g/mol. The van der Waals surface area contributed by atoms with Crippen LogP contribution in [-0.4, -0.2) is 53.7 Å². The molecule has 0 radical (unpaired) electrons. The second kappa shape index (κ2) is 6.93. The zero-order valence-corrected chi connectivity index (χ0v) is 14.5. The van der Waals surface area contributed by atoms with Gasteiger partial charge in [-0.15, -0.1) is 0 Å². The number of aromatic nitrogens is 2. The lowest BCUT2D eigenvalue weighted by atomic mass is 9.82. The van der Waals surface area contributed by atoms with Gasteiger partial charge in [0.1, 0.15) is 6.07 Å². The maximum absolute atomic E-state index is 13.3.